The molecule has 7 heteroatoms. The van der Waals surface area contributed by atoms with Crippen molar-refractivity contribution in [1.82, 2.24) is 10.6 Å². The van der Waals surface area contributed by atoms with Crippen LogP contribution in [-0.4, -0.2) is 31.6 Å². The van der Waals surface area contributed by atoms with Gasteiger partial charge < -0.3 is 20.1 Å². The molecule has 0 aliphatic heterocycles. The molecule has 0 heterocycles. The molecule has 0 fully saturated rings. The van der Waals surface area contributed by atoms with E-state index in [2.05, 4.69) is 10.6 Å². The normalized spacial score (nSPS) is 11.5. The zero-order valence-corrected chi connectivity index (χ0v) is 15.3. The van der Waals surface area contributed by atoms with Crippen molar-refractivity contribution in [2.45, 2.75) is 26.1 Å². The molecule has 0 radical (unpaired) electrons. The van der Waals surface area contributed by atoms with Crippen molar-refractivity contribution in [3.05, 3.63) is 65.5 Å². The van der Waals surface area contributed by atoms with Crippen LogP contribution in [0.1, 0.15) is 18.1 Å². The molecule has 2 rings (SSSR count). The third-order valence-electron chi connectivity index (χ3n) is 3.77. The van der Waals surface area contributed by atoms with Gasteiger partial charge in [-0.2, -0.15) is 0 Å². The summed E-state index contributed by atoms with van der Waals surface area (Å²) < 4.78 is 24.1. The number of hydrogen-bond donors (Lipinski definition) is 2. The minimum atomic E-state index is -0.740. The zero-order valence-electron chi connectivity index (χ0n) is 15.3. The molecular weight excluding hydrogens is 351 g/mol. The lowest BCUT2D eigenvalue weighted by Crippen LogP contribution is -2.48. The Hall–Kier alpha value is -2.93. The topological polar surface area (TPSA) is 76.7 Å². The van der Waals surface area contributed by atoms with Crippen LogP contribution in [0.15, 0.2) is 48.5 Å². The van der Waals surface area contributed by atoms with Crippen LogP contribution in [0.3, 0.4) is 0 Å². The Morgan fingerprint density at radius 3 is 2.44 bits per heavy atom. The molecule has 0 saturated heterocycles. The largest absolute Gasteiger partial charge is 0.489 e. The van der Waals surface area contributed by atoms with Crippen LogP contribution in [0.2, 0.25) is 0 Å². The smallest absolute Gasteiger partial charge is 0.245 e. The van der Waals surface area contributed by atoms with Gasteiger partial charge in [0.1, 0.15) is 24.2 Å². The maximum Gasteiger partial charge on any atom is 0.245 e. The first-order chi connectivity index (χ1) is 13.0. The molecule has 2 aromatic carbocycles. The molecule has 2 N–H and O–H groups in total. The highest BCUT2D eigenvalue weighted by atomic mass is 19.1. The summed E-state index contributed by atoms with van der Waals surface area (Å²) in [7, 11) is 1.46. The summed E-state index contributed by atoms with van der Waals surface area (Å²) in [5.74, 6) is -0.332. The Balaban J connectivity index is 1.85. The Kier molecular flexibility index (Phi) is 7.76. The SMILES string of the molecule is COCC(NC(C)=O)C(=O)NCc1ccc(OCc2ccccc2F)cc1. The minimum absolute atomic E-state index is 0.0915. The van der Waals surface area contributed by atoms with E-state index < -0.39 is 6.04 Å². The van der Waals surface area contributed by atoms with Crippen molar-refractivity contribution in [3.8, 4) is 5.75 Å². The lowest BCUT2D eigenvalue weighted by molar-refractivity contribution is -0.129. The van der Waals surface area contributed by atoms with Gasteiger partial charge in [0.2, 0.25) is 11.8 Å². The number of hydrogen-bond acceptors (Lipinski definition) is 4. The summed E-state index contributed by atoms with van der Waals surface area (Å²) in [6, 6.07) is 12.8. The molecule has 0 bridgehead atoms. The van der Waals surface area contributed by atoms with E-state index in [0.29, 0.717) is 17.9 Å². The van der Waals surface area contributed by atoms with Crippen LogP contribution in [0, 0.1) is 5.82 Å². The highest BCUT2D eigenvalue weighted by Crippen LogP contribution is 2.15. The van der Waals surface area contributed by atoms with Gasteiger partial charge in [0.15, 0.2) is 0 Å². The third-order valence-corrected chi connectivity index (χ3v) is 3.77. The van der Waals surface area contributed by atoms with E-state index in [1.807, 2.05) is 0 Å². The van der Waals surface area contributed by atoms with E-state index >= 15 is 0 Å². The monoisotopic (exact) mass is 374 g/mol. The number of benzene rings is 2. The molecule has 144 valence electrons. The Labute approximate surface area is 157 Å². The fraction of sp³-hybridized carbons (Fsp3) is 0.300. The summed E-state index contributed by atoms with van der Waals surface area (Å²) in [5, 5.41) is 5.29. The first kappa shape index (κ1) is 20.4. The number of carbonyl (C=O) groups excluding carboxylic acids is 2. The second-order valence-corrected chi connectivity index (χ2v) is 5.95. The summed E-state index contributed by atoms with van der Waals surface area (Å²) in [6.45, 7) is 1.87. The van der Waals surface area contributed by atoms with E-state index in [0.717, 1.165) is 5.56 Å². The van der Waals surface area contributed by atoms with Gasteiger partial charge in [-0.05, 0) is 23.8 Å². The second-order valence-electron chi connectivity index (χ2n) is 5.95. The van der Waals surface area contributed by atoms with Crippen LogP contribution in [0.4, 0.5) is 4.39 Å². The summed E-state index contributed by atoms with van der Waals surface area (Å²) >= 11 is 0. The molecular formula is C20H23FN2O4. The predicted molar refractivity (Wildman–Crippen MR) is 98.5 cm³/mol. The van der Waals surface area contributed by atoms with Crippen molar-refractivity contribution < 1.29 is 23.5 Å². The highest BCUT2D eigenvalue weighted by Gasteiger charge is 2.18. The quantitative estimate of drug-likeness (QED) is 0.705. The van der Waals surface area contributed by atoms with Gasteiger partial charge in [-0.25, -0.2) is 4.39 Å². The average Bonchev–Trinajstić information content (AvgIpc) is 2.65. The van der Waals surface area contributed by atoms with Gasteiger partial charge in [-0.15, -0.1) is 0 Å². The lowest BCUT2D eigenvalue weighted by atomic mass is 10.2. The summed E-state index contributed by atoms with van der Waals surface area (Å²) in [5.41, 5.74) is 1.34. The van der Waals surface area contributed by atoms with Crippen LogP contribution in [0.25, 0.3) is 0 Å². The molecule has 27 heavy (non-hydrogen) atoms. The molecule has 0 spiro atoms. The fourth-order valence-electron chi connectivity index (χ4n) is 2.39. The van der Waals surface area contributed by atoms with E-state index in [1.165, 1.54) is 20.1 Å². The third kappa shape index (κ3) is 6.71. The first-order valence-corrected chi connectivity index (χ1v) is 8.48. The molecule has 6 nitrogen and oxygen atoms in total. The molecule has 0 saturated carbocycles. The minimum Gasteiger partial charge on any atom is -0.489 e. The Bertz CT molecular complexity index is 765. The molecule has 0 aliphatic rings. The van der Waals surface area contributed by atoms with Crippen molar-refractivity contribution in [3.63, 3.8) is 0 Å². The molecule has 2 amide bonds. The molecule has 0 aliphatic carbocycles. The van der Waals surface area contributed by atoms with Gasteiger partial charge in [-0.3, -0.25) is 9.59 Å². The van der Waals surface area contributed by atoms with Gasteiger partial charge >= 0.3 is 0 Å². The van der Waals surface area contributed by atoms with E-state index in [1.54, 1.807) is 42.5 Å². The Morgan fingerprint density at radius 1 is 1.11 bits per heavy atom. The summed E-state index contributed by atoms with van der Waals surface area (Å²) in [4.78, 5) is 23.3. The van der Waals surface area contributed by atoms with Crippen LogP contribution >= 0.6 is 0 Å². The molecule has 1 unspecified atom stereocenters. The number of halogens is 1. The zero-order chi connectivity index (χ0) is 19.6. The molecule has 0 aromatic heterocycles. The van der Waals surface area contributed by atoms with Crippen molar-refractivity contribution in [1.29, 1.82) is 0 Å². The van der Waals surface area contributed by atoms with Crippen LogP contribution < -0.4 is 15.4 Å². The lowest BCUT2D eigenvalue weighted by Gasteiger charge is -2.16. The van der Waals surface area contributed by atoms with Gasteiger partial charge in [0.05, 0.1) is 6.61 Å². The van der Waals surface area contributed by atoms with Crippen LogP contribution in [0.5, 0.6) is 5.75 Å². The standard InChI is InChI=1S/C20H23FN2O4/c1-14(24)23-19(13-26-2)20(25)22-11-15-7-9-17(10-8-15)27-12-16-5-3-4-6-18(16)21/h3-10,19H,11-13H2,1-2H3,(H,22,25)(H,23,24). The number of rotatable bonds is 9. The maximum atomic E-state index is 13.6. The van der Waals surface area contributed by atoms with Crippen molar-refractivity contribution in [2.75, 3.05) is 13.7 Å². The van der Waals surface area contributed by atoms with Crippen molar-refractivity contribution >= 4 is 11.8 Å². The van der Waals surface area contributed by atoms with Gasteiger partial charge in [-0.1, -0.05) is 30.3 Å². The number of methoxy groups -OCH3 is 1. The van der Waals surface area contributed by atoms with Gasteiger partial charge in [0.25, 0.3) is 0 Å². The van der Waals surface area contributed by atoms with E-state index in [4.69, 9.17) is 9.47 Å². The Morgan fingerprint density at radius 2 is 1.81 bits per heavy atom. The van der Waals surface area contributed by atoms with Gasteiger partial charge in [0, 0.05) is 26.1 Å². The predicted octanol–water partition coefficient (Wildman–Crippen LogP) is 2.17. The van der Waals surface area contributed by atoms with Crippen LogP contribution in [-0.2, 0) is 27.5 Å². The summed E-state index contributed by atoms with van der Waals surface area (Å²) in [6.07, 6.45) is 0. The highest BCUT2D eigenvalue weighted by molar-refractivity contribution is 5.86. The number of nitrogens with one attached hydrogen (secondary N) is 2. The van der Waals surface area contributed by atoms with Crippen molar-refractivity contribution in [2.24, 2.45) is 0 Å². The number of ether oxygens (including phenoxy) is 2. The first-order valence-electron chi connectivity index (χ1n) is 8.48. The number of amides is 2. The second kappa shape index (κ2) is 10.3. The fourth-order valence-corrected chi connectivity index (χ4v) is 2.39. The average molecular weight is 374 g/mol. The number of carbonyl (C=O) groups is 2. The molecule has 1 atom stereocenters. The van der Waals surface area contributed by atoms with E-state index in [-0.39, 0.29) is 30.8 Å². The molecule has 2 aromatic rings. The maximum absolute atomic E-state index is 13.6. The van der Waals surface area contributed by atoms with E-state index in [9.17, 15) is 14.0 Å².